The Kier molecular flexibility index (Phi) is 7.23. The summed E-state index contributed by atoms with van der Waals surface area (Å²) in [5, 5.41) is 26.9. The van der Waals surface area contributed by atoms with Crippen LogP contribution in [0.2, 0.25) is 0 Å². The number of amides is 1. The second kappa shape index (κ2) is 10.7. The Labute approximate surface area is 219 Å². The van der Waals surface area contributed by atoms with E-state index in [1.807, 2.05) is 6.07 Å². The van der Waals surface area contributed by atoms with Crippen LogP contribution in [0.3, 0.4) is 0 Å². The molecule has 1 aliphatic rings. The molecule has 4 atom stereocenters. The van der Waals surface area contributed by atoms with Crippen molar-refractivity contribution in [3.8, 4) is 5.75 Å². The van der Waals surface area contributed by atoms with Crippen molar-refractivity contribution in [3.63, 3.8) is 0 Å². The third-order valence-corrected chi connectivity index (χ3v) is 6.98. The first kappa shape index (κ1) is 25.6. The number of aliphatic hydroxyl groups is 2. The summed E-state index contributed by atoms with van der Waals surface area (Å²) in [5.41, 5.74) is 4.89. The predicted octanol–water partition coefficient (Wildman–Crippen LogP) is 2.11. The summed E-state index contributed by atoms with van der Waals surface area (Å²) in [6.45, 7) is 4.28. The molecule has 0 spiro atoms. The zero-order valence-corrected chi connectivity index (χ0v) is 21.3. The first-order valence-electron chi connectivity index (χ1n) is 12.3. The zero-order chi connectivity index (χ0) is 26.8. The lowest BCUT2D eigenvalue weighted by atomic mass is 10.0. The molecule has 1 aliphatic heterocycles. The molecule has 1 saturated heterocycles. The SMILES string of the molecule is COc1cccc(C(=O)N[C@@H]2[C@H](O)[C@@H](CO)O[C@H]2n2cnc3c(NCc4cccc(C)c4C)ncnc32)c1. The summed E-state index contributed by atoms with van der Waals surface area (Å²) in [6.07, 6.45) is 0.00982. The number of anilines is 1. The number of aromatic nitrogens is 4. The minimum absolute atomic E-state index is 0.360. The third kappa shape index (κ3) is 4.78. The highest BCUT2D eigenvalue weighted by Crippen LogP contribution is 2.33. The number of nitrogens with zero attached hydrogens (tertiary/aromatic N) is 4. The van der Waals surface area contributed by atoms with Crippen LogP contribution in [0.25, 0.3) is 11.2 Å². The molecule has 0 aliphatic carbocycles. The minimum atomic E-state index is -1.17. The van der Waals surface area contributed by atoms with Gasteiger partial charge < -0.3 is 30.3 Å². The quantitative estimate of drug-likeness (QED) is 0.276. The Morgan fingerprint density at radius 2 is 1.97 bits per heavy atom. The van der Waals surface area contributed by atoms with Gasteiger partial charge in [0, 0.05) is 12.1 Å². The van der Waals surface area contributed by atoms with Crippen LogP contribution in [0.15, 0.2) is 55.1 Å². The standard InChI is InChI=1S/C27H30N6O5/c1-15-6-4-8-18(16(15)2)11-28-24-22-25(30-13-29-24)33(14-31-22)27-21(23(35)20(12-34)38-27)32-26(36)17-7-5-9-19(10-17)37-3/h4-10,13-14,20-21,23,27,34-35H,11-12H2,1-3H3,(H,32,36)(H,28,29,30)/t20-,21-,23-,27-/m1/s1. The van der Waals surface area contributed by atoms with Crippen LogP contribution < -0.4 is 15.4 Å². The fourth-order valence-corrected chi connectivity index (χ4v) is 4.64. The number of hydrogen-bond acceptors (Lipinski definition) is 9. The van der Waals surface area contributed by atoms with Gasteiger partial charge in [0.25, 0.3) is 5.91 Å². The van der Waals surface area contributed by atoms with Crippen LogP contribution in [-0.4, -0.2) is 67.6 Å². The van der Waals surface area contributed by atoms with Gasteiger partial charge in [0.15, 0.2) is 23.2 Å². The van der Waals surface area contributed by atoms with Gasteiger partial charge in [-0.25, -0.2) is 15.0 Å². The van der Waals surface area contributed by atoms with Crippen molar-refractivity contribution in [1.29, 1.82) is 0 Å². The van der Waals surface area contributed by atoms with Crippen LogP contribution in [0.4, 0.5) is 5.82 Å². The molecule has 38 heavy (non-hydrogen) atoms. The van der Waals surface area contributed by atoms with Gasteiger partial charge in [0.2, 0.25) is 0 Å². The third-order valence-electron chi connectivity index (χ3n) is 6.98. The molecule has 5 rings (SSSR count). The van der Waals surface area contributed by atoms with E-state index in [9.17, 15) is 15.0 Å². The highest BCUT2D eigenvalue weighted by Gasteiger charge is 2.46. The van der Waals surface area contributed by atoms with Gasteiger partial charge in [0.1, 0.15) is 30.3 Å². The highest BCUT2D eigenvalue weighted by molar-refractivity contribution is 5.95. The molecule has 1 amide bonds. The normalized spacial score (nSPS) is 21.0. The van der Waals surface area contributed by atoms with Crippen molar-refractivity contribution in [2.75, 3.05) is 19.0 Å². The van der Waals surface area contributed by atoms with E-state index >= 15 is 0 Å². The summed E-state index contributed by atoms with van der Waals surface area (Å²) in [6, 6.07) is 12.0. The minimum Gasteiger partial charge on any atom is -0.497 e. The molecule has 3 heterocycles. The van der Waals surface area contributed by atoms with Crippen molar-refractivity contribution in [3.05, 3.63) is 77.4 Å². The number of rotatable bonds is 8. The molecule has 0 bridgehead atoms. The Morgan fingerprint density at radius 1 is 1.16 bits per heavy atom. The Hall–Kier alpha value is -4.06. The van der Waals surface area contributed by atoms with E-state index in [0.717, 1.165) is 5.56 Å². The van der Waals surface area contributed by atoms with Gasteiger partial charge >= 0.3 is 0 Å². The van der Waals surface area contributed by atoms with E-state index in [-0.39, 0.29) is 0 Å². The largest absolute Gasteiger partial charge is 0.497 e. The molecule has 11 nitrogen and oxygen atoms in total. The molecular formula is C27H30N6O5. The second-order valence-corrected chi connectivity index (χ2v) is 9.23. The van der Waals surface area contributed by atoms with E-state index in [1.165, 1.54) is 30.9 Å². The van der Waals surface area contributed by atoms with Gasteiger partial charge in [-0.05, 0) is 48.7 Å². The molecule has 4 N–H and O–H groups in total. The lowest BCUT2D eigenvalue weighted by Gasteiger charge is -2.23. The zero-order valence-electron chi connectivity index (χ0n) is 21.3. The van der Waals surface area contributed by atoms with Crippen molar-refractivity contribution in [2.24, 2.45) is 0 Å². The summed E-state index contributed by atoms with van der Waals surface area (Å²) >= 11 is 0. The van der Waals surface area contributed by atoms with Crippen LogP contribution >= 0.6 is 0 Å². The van der Waals surface area contributed by atoms with Crippen molar-refractivity contribution in [1.82, 2.24) is 24.8 Å². The molecule has 198 valence electrons. The van der Waals surface area contributed by atoms with Crippen LogP contribution in [0.1, 0.15) is 33.3 Å². The van der Waals surface area contributed by atoms with E-state index in [0.29, 0.717) is 34.8 Å². The molecule has 2 aromatic carbocycles. The van der Waals surface area contributed by atoms with E-state index in [1.54, 1.807) is 28.8 Å². The number of imidazole rings is 1. The average molecular weight is 519 g/mol. The first-order valence-corrected chi connectivity index (χ1v) is 12.3. The number of aliphatic hydroxyl groups excluding tert-OH is 2. The van der Waals surface area contributed by atoms with E-state index < -0.39 is 37.0 Å². The molecular weight excluding hydrogens is 488 g/mol. The number of nitrogens with one attached hydrogen (secondary N) is 2. The number of carbonyl (C=O) groups excluding carboxylic acids is 1. The maximum absolute atomic E-state index is 13.1. The number of fused-ring (bicyclic) bond motifs is 1. The van der Waals surface area contributed by atoms with Crippen LogP contribution in [0, 0.1) is 13.8 Å². The Bertz CT molecular complexity index is 1460. The van der Waals surface area contributed by atoms with E-state index in [2.05, 4.69) is 51.6 Å². The lowest BCUT2D eigenvalue weighted by Crippen LogP contribution is -2.46. The number of benzene rings is 2. The van der Waals surface area contributed by atoms with Crippen molar-refractivity contribution in [2.45, 2.75) is 44.9 Å². The van der Waals surface area contributed by atoms with Gasteiger partial charge in [-0.3, -0.25) is 9.36 Å². The summed E-state index contributed by atoms with van der Waals surface area (Å²) in [4.78, 5) is 26.3. The maximum atomic E-state index is 13.1. The number of aryl methyl sites for hydroxylation is 1. The van der Waals surface area contributed by atoms with Gasteiger partial charge in [0.05, 0.1) is 20.0 Å². The Balaban J connectivity index is 1.42. The summed E-state index contributed by atoms with van der Waals surface area (Å²) in [7, 11) is 1.52. The first-order chi connectivity index (χ1) is 18.4. The number of ether oxygens (including phenoxy) is 2. The maximum Gasteiger partial charge on any atom is 0.251 e. The summed E-state index contributed by atoms with van der Waals surface area (Å²) in [5.74, 6) is 0.655. The number of hydrogen-bond donors (Lipinski definition) is 4. The number of carbonyl (C=O) groups is 1. The smallest absolute Gasteiger partial charge is 0.251 e. The topological polar surface area (TPSA) is 144 Å². The Morgan fingerprint density at radius 3 is 2.76 bits per heavy atom. The molecule has 0 saturated carbocycles. The molecule has 0 radical (unpaired) electrons. The van der Waals surface area contributed by atoms with Gasteiger partial charge in [-0.2, -0.15) is 0 Å². The number of methoxy groups -OCH3 is 1. The fourth-order valence-electron chi connectivity index (χ4n) is 4.64. The highest BCUT2D eigenvalue weighted by atomic mass is 16.5. The van der Waals surface area contributed by atoms with Gasteiger partial charge in [-0.15, -0.1) is 0 Å². The van der Waals surface area contributed by atoms with Crippen LogP contribution in [0.5, 0.6) is 5.75 Å². The molecule has 4 aromatic rings. The fraction of sp³-hybridized carbons (Fsp3) is 0.333. The van der Waals surface area contributed by atoms with Gasteiger partial charge in [-0.1, -0.05) is 24.3 Å². The average Bonchev–Trinajstić information content (AvgIpc) is 3.50. The molecule has 11 heteroatoms. The summed E-state index contributed by atoms with van der Waals surface area (Å²) < 4.78 is 12.8. The lowest BCUT2D eigenvalue weighted by molar-refractivity contribution is -0.0440. The predicted molar refractivity (Wildman–Crippen MR) is 140 cm³/mol. The van der Waals surface area contributed by atoms with Crippen LogP contribution in [-0.2, 0) is 11.3 Å². The van der Waals surface area contributed by atoms with E-state index in [4.69, 9.17) is 9.47 Å². The molecule has 1 fully saturated rings. The molecule has 0 unspecified atom stereocenters. The monoisotopic (exact) mass is 518 g/mol. The second-order valence-electron chi connectivity index (χ2n) is 9.23. The van der Waals surface area contributed by atoms with Crippen molar-refractivity contribution >= 4 is 22.9 Å². The van der Waals surface area contributed by atoms with Crippen molar-refractivity contribution < 1.29 is 24.5 Å². The molecule has 2 aromatic heterocycles.